The minimum Gasteiger partial charge on any atom is -0.507 e. The number of fused-ring (bicyclic) bond motifs is 3. The molecule has 0 aliphatic heterocycles. The van der Waals surface area contributed by atoms with Crippen LogP contribution in [0.2, 0.25) is 0 Å². The SMILES string of the molecule is CC(C)(C)c1cc(CCC(=O)Nc2cccc3ccc(C4C(=O)c5cc6cccc([N+](=O)[O-])c6cc5C4=O)[nH+]c23)cc(C(C)(C)C)c1O. The Morgan fingerprint density at radius 2 is 1.46 bits per heavy atom. The van der Waals surface area contributed by atoms with Crippen molar-refractivity contribution in [3.05, 3.63) is 116 Å². The monoisotopic (exact) mass is 644 g/mol. The highest BCUT2D eigenvalue weighted by molar-refractivity contribution is 6.30. The van der Waals surface area contributed by atoms with Crippen LogP contribution in [-0.2, 0) is 22.0 Å². The number of nitrogens with zero attached hydrogens (tertiary/aromatic N) is 1. The van der Waals surface area contributed by atoms with E-state index in [1.807, 2.05) is 24.3 Å². The fourth-order valence-electron chi connectivity index (χ4n) is 6.53. The molecule has 1 unspecified atom stereocenters. The largest absolute Gasteiger partial charge is 0.507 e. The summed E-state index contributed by atoms with van der Waals surface area (Å²) in [5.41, 5.74) is 3.75. The molecule has 244 valence electrons. The van der Waals surface area contributed by atoms with Gasteiger partial charge in [0, 0.05) is 35.1 Å². The van der Waals surface area contributed by atoms with Gasteiger partial charge in [-0.3, -0.25) is 24.5 Å². The minimum atomic E-state index is -1.15. The average molecular weight is 645 g/mol. The van der Waals surface area contributed by atoms with Gasteiger partial charge in [0.1, 0.15) is 11.4 Å². The van der Waals surface area contributed by atoms with Crippen LogP contribution in [0.1, 0.15) is 97.0 Å². The van der Waals surface area contributed by atoms with Gasteiger partial charge < -0.3 is 10.4 Å². The zero-order chi connectivity index (χ0) is 34.7. The Bertz CT molecular complexity index is 2150. The zero-order valence-corrected chi connectivity index (χ0v) is 27.9. The smallest absolute Gasteiger partial charge is 0.277 e. The van der Waals surface area contributed by atoms with Crippen LogP contribution in [0.25, 0.3) is 21.7 Å². The summed E-state index contributed by atoms with van der Waals surface area (Å²) in [5, 5.41) is 27.3. The number of aromatic nitrogens is 1. The lowest BCUT2D eigenvalue weighted by molar-refractivity contribution is -0.383. The number of nitro benzene ring substituents is 1. The van der Waals surface area contributed by atoms with E-state index in [9.17, 15) is 29.6 Å². The van der Waals surface area contributed by atoms with Crippen molar-refractivity contribution in [2.24, 2.45) is 0 Å². The Hall–Kier alpha value is -5.44. The Labute approximate surface area is 278 Å². The number of carbonyl (C=O) groups is 3. The number of hydrogen-bond donors (Lipinski definition) is 2. The van der Waals surface area contributed by atoms with Gasteiger partial charge in [0.25, 0.3) is 5.69 Å². The van der Waals surface area contributed by atoms with Gasteiger partial charge in [-0.2, -0.15) is 0 Å². The molecule has 48 heavy (non-hydrogen) atoms. The van der Waals surface area contributed by atoms with Crippen LogP contribution in [0, 0.1) is 10.1 Å². The number of aromatic hydroxyl groups is 1. The molecule has 1 aromatic heterocycles. The molecule has 1 amide bonds. The molecule has 1 aliphatic carbocycles. The molecule has 9 nitrogen and oxygen atoms in total. The number of nitrogens with one attached hydrogen (secondary N) is 2. The number of H-pyrrole nitrogens is 1. The molecule has 1 aliphatic rings. The Balaban J connectivity index is 1.27. The number of rotatable bonds is 6. The standard InChI is InChI=1S/C39H37N3O6/c1-38(2,3)27-17-21(18-28(37(27)46)39(4,5)6)13-16-32(43)40-30-11-7-9-22-14-15-29(41-34(22)30)33-35(44)25-19-23-10-8-12-31(42(47)48)24(23)20-26(25)36(33)45/h7-12,14-15,17-20,33,46H,13,16H2,1-6H3,(H,40,43)/p+1. The topological polar surface area (TPSA) is 141 Å². The number of pyridine rings is 1. The van der Waals surface area contributed by atoms with Crippen LogP contribution in [0.4, 0.5) is 11.4 Å². The molecule has 0 fully saturated rings. The van der Waals surface area contributed by atoms with Crippen LogP contribution < -0.4 is 10.3 Å². The summed E-state index contributed by atoms with van der Waals surface area (Å²) in [6.45, 7) is 12.3. The van der Waals surface area contributed by atoms with Gasteiger partial charge >= 0.3 is 0 Å². The number of para-hydroxylation sites is 1. The second kappa shape index (κ2) is 11.7. The van der Waals surface area contributed by atoms with Gasteiger partial charge in [-0.1, -0.05) is 71.9 Å². The van der Waals surface area contributed by atoms with Gasteiger partial charge in [-0.05, 0) is 69.7 Å². The van der Waals surface area contributed by atoms with E-state index in [2.05, 4.69) is 51.8 Å². The van der Waals surface area contributed by atoms with E-state index in [-0.39, 0.29) is 40.0 Å². The van der Waals surface area contributed by atoms with Crippen molar-refractivity contribution in [1.29, 1.82) is 0 Å². The van der Waals surface area contributed by atoms with Gasteiger partial charge in [-0.15, -0.1) is 0 Å². The third-order valence-corrected chi connectivity index (χ3v) is 9.07. The van der Waals surface area contributed by atoms with E-state index in [4.69, 9.17) is 0 Å². The summed E-state index contributed by atoms with van der Waals surface area (Å²) in [7, 11) is 0. The van der Waals surface area contributed by atoms with Crippen molar-refractivity contribution in [3.8, 4) is 5.75 Å². The van der Waals surface area contributed by atoms with Crippen molar-refractivity contribution in [3.63, 3.8) is 0 Å². The lowest BCUT2D eigenvalue weighted by Crippen LogP contribution is -2.24. The highest BCUT2D eigenvalue weighted by Gasteiger charge is 2.44. The number of non-ortho nitro benzene ring substituents is 1. The molecular formula is C39H38N3O6+. The summed E-state index contributed by atoms with van der Waals surface area (Å²) >= 11 is 0. The predicted octanol–water partition coefficient (Wildman–Crippen LogP) is 7.75. The second-order valence-electron chi connectivity index (χ2n) is 14.6. The van der Waals surface area contributed by atoms with Crippen LogP contribution in [0.15, 0.2) is 72.8 Å². The number of ketones is 2. The predicted molar refractivity (Wildman–Crippen MR) is 185 cm³/mol. The van der Waals surface area contributed by atoms with E-state index in [1.54, 1.807) is 36.4 Å². The maximum atomic E-state index is 13.6. The molecule has 4 aromatic carbocycles. The first-order valence-corrected chi connectivity index (χ1v) is 16.0. The molecule has 6 rings (SSSR count). The van der Waals surface area contributed by atoms with E-state index < -0.39 is 22.4 Å². The third-order valence-electron chi connectivity index (χ3n) is 9.07. The van der Waals surface area contributed by atoms with Gasteiger partial charge in [0.15, 0.2) is 23.2 Å². The summed E-state index contributed by atoms with van der Waals surface area (Å²) in [6.07, 6.45) is 0.663. The van der Waals surface area contributed by atoms with E-state index >= 15 is 0 Å². The molecule has 0 radical (unpaired) electrons. The lowest BCUT2D eigenvalue weighted by Gasteiger charge is -2.28. The summed E-state index contributed by atoms with van der Waals surface area (Å²) in [6, 6.07) is 20.5. The number of hydrogen-bond acceptors (Lipinski definition) is 6. The average Bonchev–Trinajstić information content (AvgIpc) is 3.26. The van der Waals surface area contributed by atoms with E-state index in [0.717, 1.165) is 22.1 Å². The maximum Gasteiger partial charge on any atom is 0.277 e. The lowest BCUT2D eigenvalue weighted by atomic mass is 9.78. The number of aromatic amines is 1. The first-order valence-electron chi connectivity index (χ1n) is 16.0. The van der Waals surface area contributed by atoms with Gasteiger partial charge in [0.2, 0.25) is 11.4 Å². The van der Waals surface area contributed by atoms with Crippen LogP contribution in [-0.4, -0.2) is 27.5 Å². The molecule has 9 heteroatoms. The molecule has 5 aromatic rings. The summed E-state index contributed by atoms with van der Waals surface area (Å²) in [5.74, 6) is -1.89. The fourth-order valence-corrected chi connectivity index (χ4v) is 6.53. The first kappa shape index (κ1) is 32.5. The highest BCUT2D eigenvalue weighted by Crippen LogP contribution is 2.41. The number of carbonyl (C=O) groups excluding carboxylic acids is 3. The highest BCUT2D eigenvalue weighted by atomic mass is 16.6. The molecule has 0 saturated carbocycles. The van der Waals surface area contributed by atoms with Crippen LogP contribution >= 0.6 is 0 Å². The van der Waals surface area contributed by atoms with E-state index in [0.29, 0.717) is 39.8 Å². The van der Waals surface area contributed by atoms with Gasteiger partial charge in [-0.25, -0.2) is 4.98 Å². The van der Waals surface area contributed by atoms with Crippen molar-refractivity contribution >= 4 is 50.5 Å². The molecule has 0 spiro atoms. The number of phenolic OH excluding ortho intramolecular Hbond substituents is 1. The molecule has 0 bridgehead atoms. The van der Waals surface area contributed by atoms with Crippen LogP contribution in [0.3, 0.4) is 0 Å². The number of benzene rings is 4. The third kappa shape index (κ3) is 5.81. The van der Waals surface area contributed by atoms with E-state index in [1.165, 1.54) is 12.1 Å². The summed E-state index contributed by atoms with van der Waals surface area (Å²) < 4.78 is 0. The Morgan fingerprint density at radius 3 is 2.08 bits per heavy atom. The van der Waals surface area contributed by atoms with Crippen molar-refractivity contribution in [2.75, 3.05) is 5.32 Å². The zero-order valence-electron chi connectivity index (χ0n) is 27.9. The molecular weight excluding hydrogens is 606 g/mol. The number of phenols is 1. The molecule has 3 N–H and O–H groups in total. The Morgan fingerprint density at radius 1 is 0.854 bits per heavy atom. The molecule has 0 saturated heterocycles. The minimum absolute atomic E-state index is 0.133. The number of amides is 1. The number of anilines is 1. The van der Waals surface area contributed by atoms with Crippen molar-refractivity contribution < 1.29 is 29.4 Å². The number of Topliss-reactive ketones (excluding diaryl/α,β-unsaturated/α-hetero) is 2. The van der Waals surface area contributed by atoms with Gasteiger partial charge in [0.05, 0.1) is 10.3 Å². The quantitative estimate of drug-likeness (QED) is 0.110. The number of aryl methyl sites for hydroxylation is 1. The summed E-state index contributed by atoms with van der Waals surface area (Å²) in [4.78, 5) is 54.9. The van der Waals surface area contributed by atoms with Crippen molar-refractivity contribution in [2.45, 2.75) is 71.1 Å². The Kier molecular flexibility index (Phi) is 7.90. The first-order chi connectivity index (χ1) is 22.5. The second-order valence-corrected chi connectivity index (χ2v) is 14.6. The normalized spacial score (nSPS) is 14.8. The van der Waals surface area contributed by atoms with Crippen LogP contribution in [0.5, 0.6) is 5.75 Å². The number of nitro groups is 1. The molecule has 1 atom stereocenters. The molecule has 1 heterocycles. The fraction of sp³-hybridized carbons (Fsp3) is 0.282. The maximum absolute atomic E-state index is 13.6. The van der Waals surface area contributed by atoms with Crippen molar-refractivity contribution in [1.82, 2.24) is 0 Å².